The summed E-state index contributed by atoms with van der Waals surface area (Å²) in [6.07, 6.45) is 3.77. The van der Waals surface area contributed by atoms with Crippen LogP contribution in [0.25, 0.3) is 6.08 Å². The molecule has 0 unspecified atom stereocenters. The van der Waals surface area contributed by atoms with E-state index in [0.717, 1.165) is 5.56 Å². The van der Waals surface area contributed by atoms with Crippen LogP contribution >= 0.6 is 0 Å². The van der Waals surface area contributed by atoms with Gasteiger partial charge in [0.2, 0.25) is 5.75 Å². The lowest BCUT2D eigenvalue weighted by Gasteiger charge is -2.15. The lowest BCUT2D eigenvalue weighted by atomic mass is 10.1. The quantitative estimate of drug-likeness (QED) is 0.823. The van der Waals surface area contributed by atoms with Gasteiger partial charge in [0.1, 0.15) is 0 Å². The fourth-order valence-corrected chi connectivity index (χ4v) is 1.53. The summed E-state index contributed by atoms with van der Waals surface area (Å²) in [6.45, 7) is 2.97. The molecule has 1 aromatic rings. The minimum Gasteiger partial charge on any atom is -0.493 e. The van der Waals surface area contributed by atoms with Crippen LogP contribution in [0.15, 0.2) is 18.2 Å². The highest BCUT2D eigenvalue weighted by Crippen LogP contribution is 2.40. The molecule has 1 aromatic carbocycles. The van der Waals surface area contributed by atoms with E-state index in [4.69, 9.17) is 19.9 Å². The summed E-state index contributed by atoms with van der Waals surface area (Å²) in [7, 11) is 3.19. The Kier molecular flexibility index (Phi) is 5.36. The van der Waals surface area contributed by atoms with Crippen LogP contribution in [0.3, 0.4) is 0 Å². The van der Waals surface area contributed by atoms with E-state index in [1.165, 1.54) is 0 Å². The van der Waals surface area contributed by atoms with E-state index in [1.54, 1.807) is 14.2 Å². The minimum absolute atomic E-state index is 0.486. The second-order valence-electron chi connectivity index (χ2n) is 3.29. The highest BCUT2D eigenvalue weighted by Gasteiger charge is 2.14. The number of ether oxygens (including phenoxy) is 3. The zero-order chi connectivity index (χ0) is 12.7. The number of hydrogen-bond donors (Lipinski definition) is 1. The van der Waals surface area contributed by atoms with Crippen molar-refractivity contribution in [3.8, 4) is 17.2 Å². The monoisotopic (exact) mass is 237 g/mol. The van der Waals surface area contributed by atoms with Gasteiger partial charge >= 0.3 is 0 Å². The number of benzene rings is 1. The zero-order valence-electron chi connectivity index (χ0n) is 10.5. The first-order valence-electron chi connectivity index (χ1n) is 5.52. The molecule has 4 heteroatoms. The van der Waals surface area contributed by atoms with E-state index in [0.29, 0.717) is 30.4 Å². The molecule has 0 radical (unpaired) electrons. The maximum absolute atomic E-state index is 5.60. The van der Waals surface area contributed by atoms with Crippen LogP contribution in [0.5, 0.6) is 17.2 Å². The second kappa shape index (κ2) is 6.81. The topological polar surface area (TPSA) is 53.7 Å². The molecule has 0 saturated carbocycles. The molecule has 2 N–H and O–H groups in total. The maximum Gasteiger partial charge on any atom is 0.203 e. The van der Waals surface area contributed by atoms with Crippen molar-refractivity contribution >= 4 is 6.08 Å². The van der Waals surface area contributed by atoms with Crippen molar-refractivity contribution < 1.29 is 14.2 Å². The Labute approximate surface area is 102 Å². The highest BCUT2D eigenvalue weighted by atomic mass is 16.5. The van der Waals surface area contributed by atoms with Crippen molar-refractivity contribution in [1.82, 2.24) is 0 Å². The Balaban J connectivity index is 3.25. The van der Waals surface area contributed by atoms with Crippen molar-refractivity contribution in [2.24, 2.45) is 5.73 Å². The van der Waals surface area contributed by atoms with Gasteiger partial charge in [-0.25, -0.2) is 0 Å². The molecular formula is C13H19NO3. The van der Waals surface area contributed by atoms with Gasteiger partial charge in [0.15, 0.2) is 11.5 Å². The molecule has 94 valence electrons. The van der Waals surface area contributed by atoms with Crippen LogP contribution < -0.4 is 19.9 Å². The molecule has 0 fully saturated rings. The van der Waals surface area contributed by atoms with Crippen LogP contribution in [0.4, 0.5) is 0 Å². The molecule has 0 aliphatic rings. The van der Waals surface area contributed by atoms with Gasteiger partial charge in [-0.2, -0.15) is 0 Å². The Morgan fingerprint density at radius 1 is 1.18 bits per heavy atom. The summed E-state index contributed by atoms with van der Waals surface area (Å²) >= 11 is 0. The molecule has 0 spiro atoms. The predicted octanol–water partition coefficient (Wildman–Crippen LogP) is 2.07. The van der Waals surface area contributed by atoms with Gasteiger partial charge in [-0.1, -0.05) is 12.2 Å². The standard InChI is InChI=1S/C13H19NO3/c1-4-17-12-10(6-5-9-14)7-8-11(15-2)13(12)16-3/h5-8H,4,9,14H2,1-3H3/b6-5+. The van der Waals surface area contributed by atoms with Crippen molar-refractivity contribution in [3.63, 3.8) is 0 Å². The highest BCUT2D eigenvalue weighted by molar-refractivity contribution is 5.66. The molecule has 4 nitrogen and oxygen atoms in total. The molecule has 0 atom stereocenters. The molecule has 0 bridgehead atoms. The first kappa shape index (κ1) is 13.4. The maximum atomic E-state index is 5.60. The Bertz CT molecular complexity index is 388. The van der Waals surface area contributed by atoms with Crippen LogP contribution in [0.2, 0.25) is 0 Å². The lowest BCUT2D eigenvalue weighted by Crippen LogP contribution is -2.00. The van der Waals surface area contributed by atoms with Gasteiger partial charge in [0.05, 0.1) is 20.8 Å². The van der Waals surface area contributed by atoms with Crippen molar-refractivity contribution in [2.45, 2.75) is 6.92 Å². The summed E-state index contributed by atoms with van der Waals surface area (Å²) in [4.78, 5) is 0. The molecule has 0 heterocycles. The van der Waals surface area contributed by atoms with Crippen molar-refractivity contribution in [1.29, 1.82) is 0 Å². The van der Waals surface area contributed by atoms with Crippen LogP contribution in [-0.4, -0.2) is 27.4 Å². The average molecular weight is 237 g/mol. The van der Waals surface area contributed by atoms with Gasteiger partial charge in [-0.05, 0) is 19.1 Å². The molecule has 0 aliphatic carbocycles. The number of hydrogen-bond acceptors (Lipinski definition) is 4. The molecule has 1 rings (SSSR count). The van der Waals surface area contributed by atoms with E-state index in [-0.39, 0.29) is 0 Å². The van der Waals surface area contributed by atoms with Crippen LogP contribution in [0.1, 0.15) is 12.5 Å². The van der Waals surface area contributed by atoms with Gasteiger partial charge in [0.25, 0.3) is 0 Å². The summed E-state index contributed by atoms with van der Waals surface area (Å²) in [5.74, 6) is 1.94. The first-order chi connectivity index (χ1) is 8.28. The fraction of sp³-hybridized carbons (Fsp3) is 0.385. The third kappa shape index (κ3) is 3.14. The van der Waals surface area contributed by atoms with Crippen LogP contribution in [-0.2, 0) is 0 Å². The average Bonchev–Trinajstić information content (AvgIpc) is 2.37. The van der Waals surface area contributed by atoms with Gasteiger partial charge < -0.3 is 19.9 Å². The Hall–Kier alpha value is -1.68. The third-order valence-electron chi connectivity index (χ3n) is 2.25. The number of rotatable bonds is 6. The van der Waals surface area contributed by atoms with E-state index in [2.05, 4.69) is 0 Å². The molecular weight excluding hydrogens is 218 g/mol. The van der Waals surface area contributed by atoms with Gasteiger partial charge in [0, 0.05) is 12.1 Å². The van der Waals surface area contributed by atoms with E-state index in [9.17, 15) is 0 Å². The number of nitrogens with two attached hydrogens (primary N) is 1. The zero-order valence-corrected chi connectivity index (χ0v) is 10.5. The SMILES string of the molecule is CCOc1c(/C=C/CN)ccc(OC)c1OC. The smallest absolute Gasteiger partial charge is 0.203 e. The summed E-state index contributed by atoms with van der Waals surface area (Å²) in [6, 6.07) is 3.76. The Morgan fingerprint density at radius 3 is 2.47 bits per heavy atom. The fourth-order valence-electron chi connectivity index (χ4n) is 1.53. The van der Waals surface area contributed by atoms with E-state index in [1.807, 2.05) is 31.2 Å². The summed E-state index contributed by atoms with van der Waals surface area (Å²) in [5, 5.41) is 0. The first-order valence-corrected chi connectivity index (χ1v) is 5.52. The van der Waals surface area contributed by atoms with Crippen molar-refractivity contribution in [3.05, 3.63) is 23.8 Å². The molecule has 0 aliphatic heterocycles. The van der Waals surface area contributed by atoms with E-state index < -0.39 is 0 Å². The summed E-state index contributed by atoms with van der Waals surface area (Å²) in [5.41, 5.74) is 6.37. The summed E-state index contributed by atoms with van der Waals surface area (Å²) < 4.78 is 16.2. The van der Waals surface area contributed by atoms with Crippen LogP contribution in [0, 0.1) is 0 Å². The minimum atomic E-state index is 0.486. The molecule has 17 heavy (non-hydrogen) atoms. The normalized spacial score (nSPS) is 10.6. The third-order valence-corrected chi connectivity index (χ3v) is 2.25. The van der Waals surface area contributed by atoms with E-state index >= 15 is 0 Å². The Morgan fingerprint density at radius 2 is 1.94 bits per heavy atom. The molecule has 0 amide bonds. The number of methoxy groups -OCH3 is 2. The van der Waals surface area contributed by atoms with Crippen molar-refractivity contribution in [2.75, 3.05) is 27.4 Å². The predicted molar refractivity (Wildman–Crippen MR) is 68.8 cm³/mol. The largest absolute Gasteiger partial charge is 0.493 e. The lowest BCUT2D eigenvalue weighted by molar-refractivity contribution is 0.296. The second-order valence-corrected chi connectivity index (χ2v) is 3.29. The molecule has 0 aromatic heterocycles. The van der Waals surface area contributed by atoms with Gasteiger partial charge in [-0.3, -0.25) is 0 Å². The molecule has 0 saturated heterocycles. The van der Waals surface area contributed by atoms with Gasteiger partial charge in [-0.15, -0.1) is 0 Å².